The third-order valence-corrected chi connectivity index (χ3v) is 5.66. The molecule has 1 aromatic heterocycles. The number of ether oxygens (including phenoxy) is 1. The number of rotatable bonds is 3. The van der Waals surface area contributed by atoms with Crippen molar-refractivity contribution < 1.29 is 9.53 Å². The van der Waals surface area contributed by atoms with Gasteiger partial charge in [0, 0.05) is 50.7 Å². The third kappa shape index (κ3) is 4.37. The lowest BCUT2D eigenvalue weighted by Crippen LogP contribution is -2.52. The molecular formula is C22H27N3O2. The average molecular weight is 365 g/mol. The van der Waals surface area contributed by atoms with E-state index in [0.29, 0.717) is 0 Å². The van der Waals surface area contributed by atoms with Gasteiger partial charge in [0.1, 0.15) is 0 Å². The monoisotopic (exact) mass is 365 g/mol. The summed E-state index contributed by atoms with van der Waals surface area (Å²) >= 11 is 0. The number of nitrogens with zero attached hydrogens (tertiary/aromatic N) is 3. The molecule has 2 aromatic rings. The second-order valence-corrected chi connectivity index (χ2v) is 7.62. The molecule has 5 nitrogen and oxygen atoms in total. The van der Waals surface area contributed by atoms with Crippen molar-refractivity contribution in [3.05, 3.63) is 66.0 Å². The predicted molar refractivity (Wildman–Crippen MR) is 104 cm³/mol. The van der Waals surface area contributed by atoms with Crippen molar-refractivity contribution in [2.75, 3.05) is 32.8 Å². The molecule has 2 aliphatic rings. The summed E-state index contributed by atoms with van der Waals surface area (Å²) in [5, 5.41) is 0. The van der Waals surface area contributed by atoms with Crippen LogP contribution in [0.15, 0.2) is 54.9 Å². The summed E-state index contributed by atoms with van der Waals surface area (Å²) in [6.45, 7) is 5.10. The van der Waals surface area contributed by atoms with Crippen molar-refractivity contribution in [1.29, 1.82) is 0 Å². The summed E-state index contributed by atoms with van der Waals surface area (Å²) in [6.07, 6.45) is 6.65. The third-order valence-electron chi connectivity index (χ3n) is 5.66. The minimum atomic E-state index is -0.133. The van der Waals surface area contributed by atoms with Gasteiger partial charge >= 0.3 is 0 Å². The zero-order valence-corrected chi connectivity index (χ0v) is 15.7. The first-order valence-corrected chi connectivity index (χ1v) is 9.84. The van der Waals surface area contributed by atoms with Crippen LogP contribution in [0.2, 0.25) is 0 Å². The summed E-state index contributed by atoms with van der Waals surface area (Å²) in [6, 6.07) is 13.7. The summed E-state index contributed by atoms with van der Waals surface area (Å²) in [5.74, 6) is 0.135. The number of hydrogen-bond acceptors (Lipinski definition) is 4. The molecule has 0 bridgehead atoms. The normalized spacial score (nSPS) is 23.9. The number of aromatic nitrogens is 1. The van der Waals surface area contributed by atoms with Gasteiger partial charge < -0.3 is 9.64 Å². The highest BCUT2D eigenvalue weighted by Gasteiger charge is 2.38. The Bertz CT molecular complexity index is 753. The summed E-state index contributed by atoms with van der Waals surface area (Å²) in [7, 11) is 0. The Morgan fingerprint density at radius 1 is 1.07 bits per heavy atom. The lowest BCUT2D eigenvalue weighted by molar-refractivity contribution is -0.118. The average Bonchev–Trinajstić information content (AvgIpc) is 2.91. The van der Waals surface area contributed by atoms with Crippen LogP contribution in [0.25, 0.3) is 0 Å². The molecular weight excluding hydrogens is 338 g/mol. The van der Waals surface area contributed by atoms with Crippen LogP contribution < -0.4 is 0 Å². The first-order chi connectivity index (χ1) is 13.2. The van der Waals surface area contributed by atoms with Crippen molar-refractivity contribution in [3.63, 3.8) is 0 Å². The molecule has 0 N–H and O–H groups in total. The molecule has 1 unspecified atom stereocenters. The maximum Gasteiger partial charge on any atom is 0.253 e. The van der Waals surface area contributed by atoms with Crippen LogP contribution in [0.3, 0.4) is 0 Å². The minimum absolute atomic E-state index is 0.133. The molecule has 0 radical (unpaired) electrons. The molecule has 0 saturated carbocycles. The fourth-order valence-corrected chi connectivity index (χ4v) is 4.24. The Balaban J connectivity index is 1.40. The first kappa shape index (κ1) is 18.1. The number of morpholine rings is 1. The Morgan fingerprint density at radius 3 is 2.78 bits per heavy atom. The van der Waals surface area contributed by atoms with Crippen LogP contribution in [0.4, 0.5) is 0 Å². The lowest BCUT2D eigenvalue weighted by atomic mass is 9.92. The lowest BCUT2D eigenvalue weighted by Gasteiger charge is -2.42. The Hall–Kier alpha value is -2.24. The minimum Gasteiger partial charge on any atom is -0.372 e. The largest absolute Gasteiger partial charge is 0.372 e. The van der Waals surface area contributed by atoms with Crippen LogP contribution in [0, 0.1) is 0 Å². The van der Waals surface area contributed by atoms with Gasteiger partial charge in [-0.05, 0) is 43.0 Å². The van der Waals surface area contributed by atoms with Gasteiger partial charge in [-0.3, -0.25) is 14.7 Å². The van der Waals surface area contributed by atoms with Crippen molar-refractivity contribution >= 4 is 5.91 Å². The molecule has 2 aliphatic heterocycles. The maximum atomic E-state index is 12.8. The molecule has 27 heavy (non-hydrogen) atoms. The number of likely N-dealkylation sites (tertiary alicyclic amines) is 1. The predicted octanol–water partition coefficient (Wildman–Crippen LogP) is 2.98. The van der Waals surface area contributed by atoms with E-state index >= 15 is 0 Å². The van der Waals surface area contributed by atoms with Gasteiger partial charge in [0.05, 0.1) is 12.2 Å². The molecule has 0 aliphatic carbocycles. The van der Waals surface area contributed by atoms with E-state index in [1.54, 1.807) is 0 Å². The molecule has 1 amide bonds. The molecule has 2 fully saturated rings. The van der Waals surface area contributed by atoms with Crippen molar-refractivity contribution in [2.24, 2.45) is 0 Å². The molecule has 3 heterocycles. The smallest absolute Gasteiger partial charge is 0.253 e. The highest BCUT2D eigenvalue weighted by molar-refractivity contribution is 5.94. The van der Waals surface area contributed by atoms with Gasteiger partial charge in [-0.1, -0.05) is 24.3 Å². The summed E-state index contributed by atoms with van der Waals surface area (Å²) < 4.78 is 6.29. The highest BCUT2D eigenvalue weighted by Crippen LogP contribution is 2.31. The number of amides is 1. The standard InChI is InChI=1S/C22H27N3O2/c26-21(20-7-2-1-3-8-20)25-12-5-9-22(10-13-25)18-24(14-15-27-22)17-19-6-4-11-23-16-19/h1-4,6-8,11,16H,5,9-10,12-15,17-18H2. The number of benzene rings is 1. The van der Waals surface area contributed by atoms with Crippen LogP contribution in [-0.2, 0) is 11.3 Å². The molecule has 142 valence electrons. The molecule has 4 rings (SSSR count). The quantitative estimate of drug-likeness (QED) is 0.839. The Kier molecular flexibility index (Phi) is 5.50. The fourth-order valence-electron chi connectivity index (χ4n) is 4.24. The van der Waals surface area contributed by atoms with Crippen LogP contribution in [0.1, 0.15) is 35.2 Å². The van der Waals surface area contributed by atoms with E-state index in [2.05, 4.69) is 16.0 Å². The number of carbonyl (C=O) groups excluding carboxylic acids is 1. The topological polar surface area (TPSA) is 45.7 Å². The van der Waals surface area contributed by atoms with Crippen molar-refractivity contribution in [2.45, 2.75) is 31.4 Å². The molecule has 1 spiro atoms. The van der Waals surface area contributed by atoms with Crippen molar-refractivity contribution in [3.8, 4) is 0 Å². The van der Waals surface area contributed by atoms with Crippen molar-refractivity contribution in [1.82, 2.24) is 14.8 Å². The Labute approximate surface area is 161 Å². The first-order valence-electron chi connectivity index (χ1n) is 9.84. The van der Waals surface area contributed by atoms with E-state index < -0.39 is 0 Å². The molecule has 1 aromatic carbocycles. The van der Waals surface area contributed by atoms with Gasteiger partial charge in [-0.15, -0.1) is 0 Å². The van der Waals surface area contributed by atoms with Gasteiger partial charge in [-0.2, -0.15) is 0 Å². The molecule has 5 heteroatoms. The van der Waals surface area contributed by atoms with Crippen LogP contribution in [-0.4, -0.2) is 59.1 Å². The number of carbonyl (C=O) groups is 1. The van der Waals surface area contributed by atoms with Gasteiger partial charge in [0.25, 0.3) is 5.91 Å². The van der Waals surface area contributed by atoms with Crippen LogP contribution in [0.5, 0.6) is 0 Å². The van der Waals surface area contributed by atoms with E-state index in [4.69, 9.17) is 4.74 Å². The summed E-state index contributed by atoms with van der Waals surface area (Å²) in [5.41, 5.74) is 1.88. The van der Waals surface area contributed by atoms with E-state index in [9.17, 15) is 4.79 Å². The Morgan fingerprint density at radius 2 is 1.96 bits per heavy atom. The SMILES string of the molecule is O=C(c1ccccc1)N1CCCC2(CC1)CN(Cc1cccnc1)CCO2. The second-order valence-electron chi connectivity index (χ2n) is 7.62. The second kappa shape index (κ2) is 8.19. The fraction of sp³-hybridized carbons (Fsp3) is 0.455. The van der Waals surface area contributed by atoms with Crippen LogP contribution >= 0.6 is 0 Å². The molecule has 2 saturated heterocycles. The van der Waals surface area contributed by atoms with Gasteiger partial charge in [-0.25, -0.2) is 0 Å². The summed E-state index contributed by atoms with van der Waals surface area (Å²) in [4.78, 5) is 21.5. The van der Waals surface area contributed by atoms with Gasteiger partial charge in [0.15, 0.2) is 0 Å². The molecule has 1 atom stereocenters. The zero-order chi connectivity index (χ0) is 18.5. The van der Waals surface area contributed by atoms with E-state index in [1.165, 1.54) is 5.56 Å². The maximum absolute atomic E-state index is 12.8. The number of pyridine rings is 1. The highest BCUT2D eigenvalue weighted by atomic mass is 16.5. The van der Waals surface area contributed by atoms with Gasteiger partial charge in [0.2, 0.25) is 0 Å². The van der Waals surface area contributed by atoms with E-state index in [-0.39, 0.29) is 11.5 Å². The zero-order valence-electron chi connectivity index (χ0n) is 15.7. The van der Waals surface area contributed by atoms with E-state index in [0.717, 1.165) is 64.2 Å². The number of hydrogen-bond donors (Lipinski definition) is 0. The van der Waals surface area contributed by atoms with E-state index in [1.807, 2.05) is 53.7 Å².